The monoisotopic (exact) mass is 394 g/mol. The normalized spacial score (nSPS) is 20.0. The van der Waals surface area contributed by atoms with Crippen LogP contribution in [0.15, 0.2) is 18.2 Å². The van der Waals surface area contributed by atoms with E-state index in [-0.39, 0.29) is 19.0 Å². The second-order valence-electron chi connectivity index (χ2n) is 6.57. The SMILES string of the molecule is CC(=O)NCC1CN(c2ccc(N3CCNN(C(N)=O)CC3)c(F)c2)C(=O)O1. The summed E-state index contributed by atoms with van der Waals surface area (Å²) in [5.74, 6) is -0.699. The predicted octanol–water partition coefficient (Wildman–Crippen LogP) is -0.00770. The van der Waals surface area contributed by atoms with Gasteiger partial charge in [0.15, 0.2) is 0 Å². The largest absolute Gasteiger partial charge is 0.442 e. The Morgan fingerprint density at radius 1 is 1.36 bits per heavy atom. The smallest absolute Gasteiger partial charge is 0.414 e. The number of amides is 4. The molecule has 11 heteroatoms. The number of primary amides is 1. The molecule has 1 atom stereocenters. The van der Waals surface area contributed by atoms with E-state index >= 15 is 0 Å². The first-order valence-corrected chi connectivity index (χ1v) is 8.92. The third-order valence-electron chi connectivity index (χ3n) is 4.58. The van der Waals surface area contributed by atoms with Crippen LogP contribution >= 0.6 is 0 Å². The predicted molar refractivity (Wildman–Crippen MR) is 99.2 cm³/mol. The quantitative estimate of drug-likeness (QED) is 0.661. The minimum Gasteiger partial charge on any atom is -0.442 e. The van der Waals surface area contributed by atoms with E-state index in [1.165, 1.54) is 22.9 Å². The van der Waals surface area contributed by atoms with Gasteiger partial charge in [-0.25, -0.2) is 19.4 Å². The molecule has 0 spiro atoms. The fourth-order valence-electron chi connectivity index (χ4n) is 3.18. The van der Waals surface area contributed by atoms with Gasteiger partial charge in [0.2, 0.25) is 5.91 Å². The van der Waals surface area contributed by atoms with Crippen molar-refractivity contribution in [2.24, 2.45) is 5.73 Å². The minimum absolute atomic E-state index is 0.204. The van der Waals surface area contributed by atoms with Crippen LogP contribution < -0.4 is 26.3 Å². The number of rotatable bonds is 4. The summed E-state index contributed by atoms with van der Waals surface area (Å²) in [5, 5.41) is 3.89. The highest BCUT2D eigenvalue weighted by Crippen LogP contribution is 2.28. The van der Waals surface area contributed by atoms with E-state index in [0.717, 1.165) is 0 Å². The van der Waals surface area contributed by atoms with Gasteiger partial charge < -0.3 is 20.7 Å². The number of hydrazine groups is 1. The Hall–Kier alpha value is -3.08. The molecule has 2 aliphatic heterocycles. The summed E-state index contributed by atoms with van der Waals surface area (Å²) >= 11 is 0. The molecule has 1 aromatic carbocycles. The van der Waals surface area contributed by atoms with E-state index in [2.05, 4.69) is 10.7 Å². The molecule has 3 rings (SSSR count). The maximum atomic E-state index is 14.8. The van der Waals surface area contributed by atoms with E-state index in [4.69, 9.17) is 10.5 Å². The van der Waals surface area contributed by atoms with Crippen molar-refractivity contribution in [3.63, 3.8) is 0 Å². The second kappa shape index (κ2) is 8.30. The zero-order valence-corrected chi connectivity index (χ0v) is 15.5. The van der Waals surface area contributed by atoms with Crippen molar-refractivity contribution in [1.82, 2.24) is 15.8 Å². The first-order chi connectivity index (χ1) is 13.3. The summed E-state index contributed by atoms with van der Waals surface area (Å²) in [6.45, 7) is 3.46. The number of benzene rings is 1. The average Bonchev–Trinajstić information content (AvgIpc) is 2.85. The summed E-state index contributed by atoms with van der Waals surface area (Å²) in [5.41, 5.74) is 8.90. The first-order valence-electron chi connectivity index (χ1n) is 8.92. The molecule has 1 aromatic rings. The van der Waals surface area contributed by atoms with Gasteiger partial charge in [-0.1, -0.05) is 0 Å². The van der Waals surface area contributed by atoms with Gasteiger partial charge in [-0.3, -0.25) is 14.7 Å². The van der Waals surface area contributed by atoms with Crippen molar-refractivity contribution in [1.29, 1.82) is 0 Å². The third kappa shape index (κ3) is 4.42. The number of hydrogen-bond acceptors (Lipinski definition) is 6. The van der Waals surface area contributed by atoms with Crippen LogP contribution in [0.5, 0.6) is 0 Å². The van der Waals surface area contributed by atoms with Crippen LogP contribution in [0.1, 0.15) is 6.92 Å². The Labute approximate surface area is 161 Å². The zero-order valence-electron chi connectivity index (χ0n) is 15.5. The van der Waals surface area contributed by atoms with E-state index in [0.29, 0.717) is 37.6 Å². The third-order valence-corrected chi connectivity index (χ3v) is 4.58. The lowest BCUT2D eigenvalue weighted by Gasteiger charge is -2.24. The average molecular weight is 394 g/mol. The van der Waals surface area contributed by atoms with E-state index in [1.807, 2.05) is 0 Å². The number of nitrogens with two attached hydrogens (primary N) is 1. The van der Waals surface area contributed by atoms with Gasteiger partial charge in [-0.05, 0) is 18.2 Å². The second-order valence-corrected chi connectivity index (χ2v) is 6.57. The first kappa shape index (κ1) is 19.7. The number of hydrogen-bond donors (Lipinski definition) is 3. The van der Waals surface area contributed by atoms with Crippen molar-refractivity contribution in [2.75, 3.05) is 49.1 Å². The molecule has 0 saturated carbocycles. The lowest BCUT2D eigenvalue weighted by molar-refractivity contribution is -0.119. The van der Waals surface area contributed by atoms with Crippen LogP contribution in [0.3, 0.4) is 0 Å². The molecule has 0 radical (unpaired) electrons. The molecule has 0 aliphatic carbocycles. The molecule has 2 saturated heterocycles. The van der Waals surface area contributed by atoms with Gasteiger partial charge in [0, 0.05) is 26.6 Å². The molecule has 2 fully saturated rings. The number of urea groups is 1. The lowest BCUT2D eigenvalue weighted by atomic mass is 10.2. The number of anilines is 2. The maximum absolute atomic E-state index is 14.8. The number of nitrogens with one attached hydrogen (secondary N) is 2. The van der Waals surface area contributed by atoms with Gasteiger partial charge >= 0.3 is 12.1 Å². The summed E-state index contributed by atoms with van der Waals surface area (Å²) in [7, 11) is 0. The Kier molecular flexibility index (Phi) is 5.83. The highest BCUT2D eigenvalue weighted by molar-refractivity contribution is 5.90. The van der Waals surface area contributed by atoms with Crippen LogP contribution in [0.2, 0.25) is 0 Å². The van der Waals surface area contributed by atoms with Crippen LogP contribution in [0, 0.1) is 5.82 Å². The molecule has 0 bridgehead atoms. The molecule has 2 heterocycles. The standard InChI is InChI=1S/C17H23FN6O4/c1-11(25)20-9-13-10-23(17(27)28-13)12-2-3-15(14(18)8-12)22-5-4-21-24(7-6-22)16(19)26/h2-3,8,13,21H,4-7,9-10H2,1H3,(H2,19,26)(H,20,25). The van der Waals surface area contributed by atoms with E-state index < -0.39 is 24.0 Å². The summed E-state index contributed by atoms with van der Waals surface area (Å²) in [6, 6.07) is 3.93. The van der Waals surface area contributed by atoms with Crippen molar-refractivity contribution >= 4 is 29.4 Å². The molecular formula is C17H23FN6O4. The molecule has 10 nitrogen and oxygen atoms in total. The Morgan fingerprint density at radius 2 is 2.14 bits per heavy atom. The van der Waals surface area contributed by atoms with Crippen molar-refractivity contribution in [3.8, 4) is 0 Å². The Balaban J connectivity index is 1.68. The number of ether oxygens (including phenoxy) is 1. The fraction of sp³-hybridized carbons (Fsp3) is 0.471. The van der Waals surface area contributed by atoms with Gasteiger partial charge in [0.05, 0.1) is 31.0 Å². The molecule has 152 valence electrons. The van der Waals surface area contributed by atoms with Crippen molar-refractivity contribution < 1.29 is 23.5 Å². The van der Waals surface area contributed by atoms with Crippen LogP contribution in [-0.4, -0.2) is 68.4 Å². The number of carbonyl (C=O) groups is 3. The minimum atomic E-state index is -0.585. The summed E-state index contributed by atoms with van der Waals surface area (Å²) in [4.78, 5) is 37.5. The number of nitrogens with zero attached hydrogens (tertiary/aromatic N) is 3. The van der Waals surface area contributed by atoms with E-state index in [9.17, 15) is 18.8 Å². The summed E-state index contributed by atoms with van der Waals surface area (Å²) in [6.07, 6.45) is -1.07. The van der Waals surface area contributed by atoms with Gasteiger partial charge in [0.1, 0.15) is 11.9 Å². The Morgan fingerprint density at radius 3 is 2.82 bits per heavy atom. The molecule has 0 aromatic heterocycles. The van der Waals surface area contributed by atoms with Gasteiger partial charge in [-0.15, -0.1) is 0 Å². The highest BCUT2D eigenvalue weighted by atomic mass is 19.1. The molecule has 4 amide bonds. The van der Waals surface area contributed by atoms with Crippen molar-refractivity contribution in [3.05, 3.63) is 24.0 Å². The Bertz CT molecular complexity index is 776. The summed E-state index contributed by atoms with van der Waals surface area (Å²) < 4.78 is 19.9. The number of cyclic esters (lactones) is 1. The molecule has 4 N–H and O–H groups in total. The fourth-order valence-corrected chi connectivity index (χ4v) is 3.18. The topological polar surface area (TPSA) is 120 Å². The van der Waals surface area contributed by atoms with Crippen LogP contribution in [0.4, 0.5) is 25.4 Å². The maximum Gasteiger partial charge on any atom is 0.414 e. The molecule has 1 unspecified atom stereocenters. The van der Waals surface area contributed by atoms with Crippen LogP contribution in [0.25, 0.3) is 0 Å². The zero-order chi connectivity index (χ0) is 20.3. The van der Waals surface area contributed by atoms with Crippen LogP contribution in [-0.2, 0) is 9.53 Å². The molecule has 2 aliphatic rings. The molecule has 28 heavy (non-hydrogen) atoms. The van der Waals surface area contributed by atoms with Crippen molar-refractivity contribution in [2.45, 2.75) is 13.0 Å². The molecular weight excluding hydrogens is 371 g/mol. The van der Waals surface area contributed by atoms with Gasteiger partial charge in [0.25, 0.3) is 0 Å². The lowest BCUT2D eigenvalue weighted by Crippen LogP contribution is -2.46. The number of carbonyl (C=O) groups excluding carboxylic acids is 3. The number of halogens is 1. The van der Waals surface area contributed by atoms with Gasteiger partial charge in [-0.2, -0.15) is 0 Å². The van der Waals surface area contributed by atoms with E-state index in [1.54, 1.807) is 17.0 Å². The highest BCUT2D eigenvalue weighted by Gasteiger charge is 2.33.